The Hall–Kier alpha value is -1.40. The largest absolute Gasteiger partial charge is 0.389 e. The summed E-state index contributed by atoms with van der Waals surface area (Å²) >= 11 is 0. The van der Waals surface area contributed by atoms with Crippen molar-refractivity contribution in [3.8, 4) is 0 Å². The zero-order valence-corrected chi connectivity index (χ0v) is 8.28. The van der Waals surface area contributed by atoms with E-state index in [4.69, 9.17) is 5.73 Å². The van der Waals surface area contributed by atoms with Crippen LogP contribution in [0.2, 0.25) is 0 Å². The van der Waals surface area contributed by atoms with Crippen LogP contribution in [0.1, 0.15) is 6.04 Å². The van der Waals surface area contributed by atoms with Gasteiger partial charge in [-0.05, 0) is 0 Å². The molecule has 6 heteroatoms. The third-order valence-electron chi connectivity index (χ3n) is 2.69. The Morgan fingerprint density at radius 2 is 2.40 bits per heavy atom. The lowest BCUT2D eigenvalue weighted by Crippen LogP contribution is -2.34. The number of hydrogen-bond acceptors (Lipinski definition) is 4. The van der Waals surface area contributed by atoms with E-state index in [0.717, 1.165) is 0 Å². The van der Waals surface area contributed by atoms with E-state index >= 15 is 0 Å². The van der Waals surface area contributed by atoms with E-state index in [2.05, 4.69) is 4.98 Å². The molecule has 1 aliphatic heterocycles. The predicted octanol–water partition coefficient (Wildman–Crippen LogP) is -1.41. The molecular formula is C9H14N4O2. The minimum Gasteiger partial charge on any atom is -0.389 e. The molecule has 3 N–H and O–H groups in total. The van der Waals surface area contributed by atoms with Gasteiger partial charge in [-0.1, -0.05) is 0 Å². The van der Waals surface area contributed by atoms with Gasteiger partial charge in [0.2, 0.25) is 5.91 Å². The molecule has 15 heavy (non-hydrogen) atoms. The summed E-state index contributed by atoms with van der Waals surface area (Å²) in [7, 11) is 0. The van der Waals surface area contributed by atoms with E-state index < -0.39 is 6.10 Å². The molecule has 1 fully saturated rings. The van der Waals surface area contributed by atoms with Gasteiger partial charge in [0.1, 0.15) is 0 Å². The quantitative estimate of drug-likeness (QED) is 0.628. The number of nitrogens with zero attached hydrogens (tertiary/aromatic N) is 3. The van der Waals surface area contributed by atoms with Crippen molar-refractivity contribution in [3.05, 3.63) is 18.7 Å². The fourth-order valence-corrected chi connectivity index (χ4v) is 1.86. The summed E-state index contributed by atoms with van der Waals surface area (Å²) in [5.74, 6) is -0.128. The molecule has 2 rings (SSSR count). The van der Waals surface area contributed by atoms with Gasteiger partial charge < -0.3 is 20.3 Å². The molecule has 82 valence electrons. The number of nitrogens with two attached hydrogens (primary N) is 1. The Labute approximate surface area is 87.3 Å². The minimum atomic E-state index is -0.547. The molecule has 2 atom stereocenters. The summed E-state index contributed by atoms with van der Waals surface area (Å²) in [6, 6.07) is -0.108. The second kappa shape index (κ2) is 4.00. The lowest BCUT2D eigenvalue weighted by Gasteiger charge is -2.15. The van der Waals surface area contributed by atoms with Crippen molar-refractivity contribution < 1.29 is 9.90 Å². The number of likely N-dealkylation sites (tertiary alicyclic amines) is 1. The molecule has 6 nitrogen and oxygen atoms in total. The number of aromatic nitrogens is 2. The molecule has 0 spiro atoms. The average molecular weight is 210 g/mol. The van der Waals surface area contributed by atoms with Crippen molar-refractivity contribution in [2.75, 3.05) is 19.6 Å². The maximum Gasteiger partial charge on any atom is 0.236 e. The number of carbonyl (C=O) groups is 1. The zero-order valence-electron chi connectivity index (χ0n) is 8.28. The average Bonchev–Trinajstić information content (AvgIpc) is 2.84. The number of β-amino-alcohol motifs (C(OH)–C–C–N with tert-alkyl or cyclic N) is 1. The molecule has 2 heterocycles. The van der Waals surface area contributed by atoms with Crippen LogP contribution in [-0.4, -0.2) is 51.2 Å². The van der Waals surface area contributed by atoms with Gasteiger partial charge in [0, 0.05) is 25.5 Å². The number of aliphatic hydroxyl groups excluding tert-OH is 1. The zero-order chi connectivity index (χ0) is 10.8. The summed E-state index contributed by atoms with van der Waals surface area (Å²) < 4.78 is 1.81. The first kappa shape index (κ1) is 10.1. The SMILES string of the molecule is NCC(=O)N1C[C@@H](n2ccnc2)[C@@H](O)C1. The number of hydrogen-bond donors (Lipinski definition) is 2. The summed E-state index contributed by atoms with van der Waals surface area (Å²) in [6.07, 6.45) is 4.53. The van der Waals surface area contributed by atoms with Crippen LogP contribution in [0.5, 0.6) is 0 Å². The Bertz CT molecular complexity index is 338. The van der Waals surface area contributed by atoms with Crippen LogP contribution < -0.4 is 5.73 Å². The number of rotatable bonds is 2. The van der Waals surface area contributed by atoms with Crippen LogP contribution >= 0.6 is 0 Å². The summed E-state index contributed by atoms with van der Waals surface area (Å²) in [4.78, 5) is 16.8. The third kappa shape index (κ3) is 1.86. The summed E-state index contributed by atoms with van der Waals surface area (Å²) in [6.45, 7) is 0.829. The van der Waals surface area contributed by atoms with Crippen molar-refractivity contribution in [2.45, 2.75) is 12.1 Å². The monoisotopic (exact) mass is 210 g/mol. The second-order valence-corrected chi connectivity index (χ2v) is 3.65. The van der Waals surface area contributed by atoms with Crippen LogP contribution in [0, 0.1) is 0 Å². The molecule has 1 saturated heterocycles. The number of imidazole rings is 1. The van der Waals surface area contributed by atoms with Crippen molar-refractivity contribution in [1.82, 2.24) is 14.5 Å². The van der Waals surface area contributed by atoms with Crippen LogP contribution in [0.3, 0.4) is 0 Å². The van der Waals surface area contributed by atoms with Crippen LogP contribution in [0.25, 0.3) is 0 Å². The van der Waals surface area contributed by atoms with Crippen molar-refractivity contribution in [1.29, 1.82) is 0 Å². The summed E-state index contributed by atoms with van der Waals surface area (Å²) in [5, 5.41) is 9.79. The van der Waals surface area contributed by atoms with E-state index in [1.807, 2.05) is 4.57 Å². The van der Waals surface area contributed by atoms with E-state index in [9.17, 15) is 9.90 Å². The Morgan fingerprint density at radius 3 is 3.00 bits per heavy atom. The molecule has 0 radical (unpaired) electrons. The Morgan fingerprint density at radius 1 is 1.60 bits per heavy atom. The number of amides is 1. The van der Waals surface area contributed by atoms with Crippen LogP contribution in [-0.2, 0) is 4.79 Å². The first-order valence-corrected chi connectivity index (χ1v) is 4.85. The van der Waals surface area contributed by atoms with Gasteiger partial charge in [-0.25, -0.2) is 4.98 Å². The maximum atomic E-state index is 11.3. The van der Waals surface area contributed by atoms with Gasteiger partial charge in [0.05, 0.1) is 25.0 Å². The van der Waals surface area contributed by atoms with E-state index in [1.54, 1.807) is 23.6 Å². The van der Waals surface area contributed by atoms with E-state index in [1.165, 1.54) is 0 Å². The fourth-order valence-electron chi connectivity index (χ4n) is 1.86. The topological polar surface area (TPSA) is 84.4 Å². The highest BCUT2D eigenvalue weighted by atomic mass is 16.3. The first-order valence-electron chi connectivity index (χ1n) is 4.85. The van der Waals surface area contributed by atoms with Crippen molar-refractivity contribution in [2.24, 2.45) is 5.73 Å². The van der Waals surface area contributed by atoms with Gasteiger partial charge in [-0.15, -0.1) is 0 Å². The molecule has 1 aromatic rings. The highest BCUT2D eigenvalue weighted by Crippen LogP contribution is 2.21. The highest BCUT2D eigenvalue weighted by molar-refractivity contribution is 5.78. The fraction of sp³-hybridized carbons (Fsp3) is 0.556. The minimum absolute atomic E-state index is 0.0105. The van der Waals surface area contributed by atoms with Gasteiger partial charge in [0.15, 0.2) is 0 Å². The molecule has 0 saturated carbocycles. The summed E-state index contributed by atoms with van der Waals surface area (Å²) in [5.41, 5.74) is 5.27. The molecule has 0 aliphatic carbocycles. The Kier molecular flexibility index (Phi) is 2.70. The first-order chi connectivity index (χ1) is 7.22. The maximum absolute atomic E-state index is 11.3. The molecule has 1 aliphatic rings. The lowest BCUT2D eigenvalue weighted by atomic mass is 10.2. The molecule has 0 aromatic carbocycles. The van der Waals surface area contributed by atoms with Gasteiger partial charge in [0.25, 0.3) is 0 Å². The van der Waals surface area contributed by atoms with Crippen LogP contribution in [0.15, 0.2) is 18.7 Å². The van der Waals surface area contributed by atoms with Crippen molar-refractivity contribution in [3.63, 3.8) is 0 Å². The third-order valence-corrected chi connectivity index (χ3v) is 2.69. The standard InChI is InChI=1S/C9H14N4O2/c10-3-9(15)13-4-7(8(14)5-13)12-2-1-11-6-12/h1-2,6-8,14H,3-5,10H2/t7-,8+/m1/s1. The molecule has 0 bridgehead atoms. The smallest absolute Gasteiger partial charge is 0.236 e. The van der Waals surface area contributed by atoms with Gasteiger partial charge in [-0.2, -0.15) is 0 Å². The highest BCUT2D eigenvalue weighted by Gasteiger charge is 2.34. The van der Waals surface area contributed by atoms with Gasteiger partial charge in [-0.3, -0.25) is 4.79 Å². The normalized spacial score (nSPS) is 25.9. The van der Waals surface area contributed by atoms with Gasteiger partial charge >= 0.3 is 0 Å². The Balaban J connectivity index is 2.08. The lowest BCUT2D eigenvalue weighted by molar-refractivity contribution is -0.129. The second-order valence-electron chi connectivity index (χ2n) is 3.65. The molecule has 0 unspecified atom stereocenters. The molecule has 1 aromatic heterocycles. The van der Waals surface area contributed by atoms with E-state index in [-0.39, 0.29) is 18.5 Å². The van der Waals surface area contributed by atoms with Crippen molar-refractivity contribution >= 4 is 5.91 Å². The van der Waals surface area contributed by atoms with Crippen LogP contribution in [0.4, 0.5) is 0 Å². The molecule has 1 amide bonds. The molecular weight excluding hydrogens is 196 g/mol. The van der Waals surface area contributed by atoms with E-state index in [0.29, 0.717) is 13.1 Å². The predicted molar refractivity (Wildman–Crippen MR) is 52.9 cm³/mol. The number of aliphatic hydroxyl groups is 1. The number of carbonyl (C=O) groups excluding carboxylic acids is 1.